The summed E-state index contributed by atoms with van der Waals surface area (Å²) in [5.41, 5.74) is 3.69. The molecule has 74 heavy (non-hydrogen) atoms. The largest absolute Gasteiger partial charge is 0.498 e. The number of ether oxygens (including phenoxy) is 8. The number of hydroxylamine groups is 2. The van der Waals surface area contributed by atoms with Crippen molar-refractivity contribution in [3.8, 4) is 0 Å². The van der Waals surface area contributed by atoms with Crippen LogP contribution in [-0.2, 0) is 61.9 Å². The Bertz CT molecular complexity index is 2060. The van der Waals surface area contributed by atoms with E-state index in [2.05, 4.69) is 45.6 Å². The lowest BCUT2D eigenvalue weighted by Crippen LogP contribution is -2.42. The van der Waals surface area contributed by atoms with E-state index in [9.17, 15) is 24.3 Å². The smallest absolute Gasteiger partial charge is 0.334 e. The van der Waals surface area contributed by atoms with E-state index in [-0.39, 0.29) is 80.4 Å². The molecule has 0 bridgehead atoms. The highest BCUT2D eigenvalue weighted by molar-refractivity contribution is 5.81. The molecule has 19 heteroatoms. The lowest BCUT2D eigenvalue weighted by Gasteiger charge is -2.30. The Morgan fingerprint density at radius 3 is 2.09 bits per heavy atom. The Labute approximate surface area is 438 Å². The van der Waals surface area contributed by atoms with Crippen LogP contribution in [-0.4, -0.2) is 173 Å². The van der Waals surface area contributed by atoms with Crippen molar-refractivity contribution in [2.45, 2.75) is 160 Å². The predicted molar refractivity (Wildman–Crippen MR) is 273 cm³/mol. The van der Waals surface area contributed by atoms with Crippen LogP contribution in [0.15, 0.2) is 58.1 Å². The molecule has 19 nitrogen and oxygen atoms in total. The van der Waals surface area contributed by atoms with Crippen LogP contribution in [0.5, 0.6) is 0 Å². The van der Waals surface area contributed by atoms with Crippen LogP contribution in [0.1, 0.15) is 124 Å². The van der Waals surface area contributed by atoms with Crippen molar-refractivity contribution in [1.82, 2.24) is 25.5 Å². The molecular weight excluding hydrogens is 955 g/mol. The van der Waals surface area contributed by atoms with E-state index >= 15 is 0 Å². The molecule has 414 valence electrons. The fourth-order valence-electron chi connectivity index (χ4n) is 11.3. The summed E-state index contributed by atoms with van der Waals surface area (Å²) in [6, 6.07) is 0.465. The van der Waals surface area contributed by atoms with Gasteiger partial charge in [-0.3, -0.25) is 14.4 Å². The van der Waals surface area contributed by atoms with E-state index in [0.717, 1.165) is 74.4 Å². The van der Waals surface area contributed by atoms with Crippen LogP contribution in [0.4, 0.5) is 0 Å². The van der Waals surface area contributed by atoms with Gasteiger partial charge >= 0.3 is 5.97 Å². The molecule has 3 amide bonds. The van der Waals surface area contributed by atoms with E-state index < -0.39 is 18.1 Å². The van der Waals surface area contributed by atoms with E-state index in [0.29, 0.717) is 108 Å². The molecule has 0 aromatic rings. The van der Waals surface area contributed by atoms with Gasteiger partial charge in [0.05, 0.1) is 86.1 Å². The topological polar surface area (TPSA) is 205 Å². The minimum Gasteiger partial charge on any atom is -0.498 e. The third-order valence-corrected chi connectivity index (χ3v) is 15.4. The molecule has 0 spiro atoms. The van der Waals surface area contributed by atoms with Crippen molar-refractivity contribution in [1.29, 1.82) is 0 Å². The molecule has 7 rings (SSSR count). The summed E-state index contributed by atoms with van der Waals surface area (Å²) in [4.78, 5) is 60.3. The number of hydrogen-bond acceptors (Lipinski definition) is 16. The number of allylic oxidation sites excluding steroid dienone is 5. The second-order valence-corrected chi connectivity index (χ2v) is 20.8. The maximum atomic E-state index is 13.8. The lowest BCUT2D eigenvalue weighted by molar-refractivity contribution is -0.221. The van der Waals surface area contributed by atoms with Gasteiger partial charge in [-0.2, -0.15) is 0 Å². The molecule has 0 radical (unpaired) electrons. The lowest BCUT2D eigenvalue weighted by atomic mass is 9.91. The number of rotatable bonds is 29. The molecule has 2 aliphatic carbocycles. The van der Waals surface area contributed by atoms with Crippen LogP contribution in [0.3, 0.4) is 0 Å². The van der Waals surface area contributed by atoms with Gasteiger partial charge in [0.2, 0.25) is 11.8 Å². The quantitative estimate of drug-likeness (QED) is 0.0484. The first-order valence-corrected chi connectivity index (χ1v) is 27.3. The second-order valence-electron chi connectivity index (χ2n) is 20.8. The van der Waals surface area contributed by atoms with Crippen molar-refractivity contribution in [2.24, 2.45) is 11.8 Å². The third kappa shape index (κ3) is 16.3. The van der Waals surface area contributed by atoms with Gasteiger partial charge in [0.1, 0.15) is 29.6 Å². The van der Waals surface area contributed by atoms with Crippen LogP contribution >= 0.6 is 0 Å². The van der Waals surface area contributed by atoms with Crippen LogP contribution < -0.4 is 10.6 Å². The zero-order valence-electron chi connectivity index (χ0n) is 44.7. The summed E-state index contributed by atoms with van der Waals surface area (Å²) in [5, 5.41) is 17.9. The number of hydrogen-bond donors (Lipinski definition) is 3. The first-order chi connectivity index (χ1) is 35.9. The number of amides is 3. The van der Waals surface area contributed by atoms with Gasteiger partial charge in [-0.05, 0) is 88.7 Å². The molecule has 5 aliphatic heterocycles. The van der Waals surface area contributed by atoms with Gasteiger partial charge in [-0.1, -0.05) is 25.2 Å². The van der Waals surface area contributed by atoms with E-state index in [1.54, 1.807) is 14.2 Å². The summed E-state index contributed by atoms with van der Waals surface area (Å²) >= 11 is 0. The van der Waals surface area contributed by atoms with Crippen molar-refractivity contribution < 1.29 is 67.0 Å². The Hall–Kier alpha value is -4.50. The standard InChI is InChI=1S/C55H85N5O14/c1-37(35-72-49(38(2)66-4)29-43-31-53(63)58-45(33-56-43)27-41-10-6-8-12-47(41)58)26-40(16-18-68-20-22-70-24-25-71-23-21-69-19-17-55(65)74-60-51(61)14-15-52(60)62)36-73-50(39(3)67-5)30-44-32-54(64)59-46(34-57-44)28-42-11-7-9-13-48(42)59/h10,13,16,37,42-47,51,56-57,61H,6-9,11-12,14-15,17-36H2,1-5H3/b40-16+,49-38-,50-39-/t37-,42+,43-,44+,45+,46+,47-,51-/m1/s1. The average molecular weight is 1040 g/mol. The molecule has 0 unspecified atom stereocenters. The summed E-state index contributed by atoms with van der Waals surface area (Å²) in [6.07, 6.45) is 17.1. The van der Waals surface area contributed by atoms with Gasteiger partial charge < -0.3 is 68.3 Å². The number of carbonyl (C=O) groups excluding carboxylic acids is 4. The van der Waals surface area contributed by atoms with Crippen molar-refractivity contribution >= 4 is 23.7 Å². The van der Waals surface area contributed by atoms with Crippen molar-refractivity contribution in [3.05, 3.63) is 58.1 Å². The second kappa shape index (κ2) is 29.1. The highest BCUT2D eigenvalue weighted by atomic mass is 16.7. The number of methoxy groups -OCH3 is 2. The fraction of sp³-hybridized carbons (Fsp3) is 0.745. The van der Waals surface area contributed by atoms with Crippen LogP contribution in [0.25, 0.3) is 0 Å². The highest BCUT2D eigenvalue weighted by Crippen LogP contribution is 2.41. The zero-order valence-corrected chi connectivity index (χ0v) is 44.7. The van der Waals surface area contributed by atoms with Gasteiger partial charge in [0, 0.05) is 87.4 Å². The van der Waals surface area contributed by atoms with Crippen molar-refractivity contribution in [2.75, 3.05) is 93.4 Å². The zero-order chi connectivity index (χ0) is 52.4. The Morgan fingerprint density at radius 2 is 1.41 bits per heavy atom. The predicted octanol–water partition coefficient (Wildman–Crippen LogP) is 5.45. The van der Waals surface area contributed by atoms with Gasteiger partial charge in [-0.25, -0.2) is 4.79 Å². The summed E-state index contributed by atoms with van der Waals surface area (Å²) in [7, 11) is 3.29. The number of carbonyl (C=O) groups is 4. The summed E-state index contributed by atoms with van der Waals surface area (Å²) < 4.78 is 47.4. The van der Waals surface area contributed by atoms with Gasteiger partial charge in [0.25, 0.3) is 5.91 Å². The Kier molecular flexibility index (Phi) is 22.5. The van der Waals surface area contributed by atoms with Crippen LogP contribution in [0, 0.1) is 11.8 Å². The molecule has 0 saturated carbocycles. The third-order valence-electron chi connectivity index (χ3n) is 15.4. The molecule has 5 heterocycles. The molecule has 5 fully saturated rings. The molecule has 8 atom stereocenters. The van der Waals surface area contributed by atoms with E-state index in [1.807, 2.05) is 13.8 Å². The molecular formula is C55H85N5O14. The van der Waals surface area contributed by atoms with E-state index in [1.165, 1.54) is 17.7 Å². The Balaban J connectivity index is 0.872. The Morgan fingerprint density at radius 1 is 0.770 bits per heavy atom. The minimum absolute atomic E-state index is 0.0582. The van der Waals surface area contributed by atoms with Gasteiger partial charge in [0.15, 0.2) is 6.23 Å². The minimum atomic E-state index is -1.10. The van der Waals surface area contributed by atoms with Crippen molar-refractivity contribution in [3.63, 3.8) is 0 Å². The normalized spacial score (nSPS) is 27.2. The summed E-state index contributed by atoms with van der Waals surface area (Å²) in [6.45, 7) is 10.7. The monoisotopic (exact) mass is 1040 g/mol. The number of aliphatic hydroxyl groups is 1. The fourth-order valence-corrected chi connectivity index (χ4v) is 11.3. The van der Waals surface area contributed by atoms with Crippen LogP contribution in [0.2, 0.25) is 0 Å². The SMILES string of the molecule is CO/C(C)=C(/C[C@H]1CC(=O)N2C3=CCCC[C@H]3C[C@H]2CN1)OC/C(=C/COCCOCCOCCOCCC(=O)ON1C(=O)CC[C@H]1O)C[C@@H](C)CO/C(C[C@@H]1CC(=O)N2[C@H](CN1)CC1=CCCC[C@H]12)=C(/C)OC. The first kappa shape index (κ1) is 57.2. The average Bonchev–Trinajstić information content (AvgIpc) is 4.00. The number of aliphatic hydroxyl groups excluding tert-OH is 1. The van der Waals surface area contributed by atoms with Gasteiger partial charge in [-0.15, -0.1) is 5.06 Å². The highest BCUT2D eigenvalue weighted by Gasteiger charge is 2.44. The maximum Gasteiger partial charge on any atom is 0.334 e. The van der Waals surface area contributed by atoms with E-state index in [4.69, 9.17) is 42.7 Å². The number of nitrogens with one attached hydrogen (secondary N) is 2. The first-order valence-electron chi connectivity index (χ1n) is 27.3. The molecule has 0 aromatic heterocycles. The molecule has 3 N–H and O–H groups in total. The number of fused-ring (bicyclic) bond motifs is 6. The molecule has 0 aromatic carbocycles. The summed E-state index contributed by atoms with van der Waals surface area (Å²) in [5.74, 6) is 2.69. The number of nitrogens with zero attached hydrogens (tertiary/aromatic N) is 3. The maximum absolute atomic E-state index is 13.8. The molecule has 5 saturated heterocycles. The molecule has 7 aliphatic rings.